The van der Waals surface area contributed by atoms with Gasteiger partial charge in [0.2, 0.25) is 0 Å². The number of nitrogens with zero attached hydrogens (tertiary/aromatic N) is 10. The molecule has 0 saturated heterocycles. The van der Waals surface area contributed by atoms with E-state index in [2.05, 4.69) is 218 Å². The molecule has 0 amide bonds. The van der Waals surface area contributed by atoms with E-state index in [1.54, 1.807) is 22.7 Å². The van der Waals surface area contributed by atoms with Crippen molar-refractivity contribution in [1.29, 1.82) is 0 Å². The smallest absolute Gasteiger partial charge is 0.164 e. The summed E-state index contributed by atoms with van der Waals surface area (Å²) in [5.41, 5.74) is 19.6. The molecule has 1 aliphatic rings. The summed E-state index contributed by atoms with van der Waals surface area (Å²) in [7, 11) is 0. The predicted molar refractivity (Wildman–Crippen MR) is 427 cm³/mol. The van der Waals surface area contributed by atoms with Gasteiger partial charge in [-0.05, 0) is 71.5 Å². The molecule has 0 unspecified atom stereocenters. The second-order valence-electron chi connectivity index (χ2n) is 25.7. The van der Waals surface area contributed by atoms with E-state index in [1.165, 1.54) is 5.57 Å². The van der Waals surface area contributed by atoms with Crippen molar-refractivity contribution in [3.8, 4) is 136 Å². The largest absolute Gasteiger partial charge is 0.228 e. The zero-order valence-corrected chi connectivity index (χ0v) is 57.5. The van der Waals surface area contributed by atoms with E-state index < -0.39 is 0 Å². The molecule has 0 spiro atoms. The van der Waals surface area contributed by atoms with E-state index >= 15 is 0 Å². The lowest BCUT2D eigenvalue weighted by molar-refractivity contribution is 1.01. The van der Waals surface area contributed by atoms with Gasteiger partial charge in [0.05, 0.1) is 22.8 Å². The lowest BCUT2D eigenvalue weighted by Crippen LogP contribution is -2.04. The fraction of sp³-hybridized carbons (Fsp3) is 0.0217. The van der Waals surface area contributed by atoms with Crippen LogP contribution in [-0.2, 0) is 0 Å². The van der Waals surface area contributed by atoms with Gasteiger partial charge in [0.25, 0.3) is 0 Å². The van der Waals surface area contributed by atoms with Crippen molar-refractivity contribution in [2.45, 2.75) is 12.8 Å². The lowest BCUT2D eigenvalue weighted by Gasteiger charge is -2.16. The van der Waals surface area contributed by atoms with Gasteiger partial charge in [-0.3, -0.25) is 0 Å². The van der Waals surface area contributed by atoms with Crippen LogP contribution in [0.15, 0.2) is 328 Å². The first kappa shape index (κ1) is 61.8. The first-order valence-electron chi connectivity index (χ1n) is 34.7. The Kier molecular flexibility index (Phi) is 15.9. The summed E-state index contributed by atoms with van der Waals surface area (Å²) in [6.45, 7) is 0. The third kappa shape index (κ3) is 11.8. The third-order valence-corrected chi connectivity index (χ3v) is 21.6. The van der Waals surface area contributed by atoms with E-state index in [-0.39, 0.29) is 0 Å². The van der Waals surface area contributed by atoms with Crippen molar-refractivity contribution in [2.24, 2.45) is 0 Å². The van der Waals surface area contributed by atoms with Crippen LogP contribution in [0.5, 0.6) is 0 Å². The number of fused-ring (bicyclic) bond motifs is 6. The zero-order chi connectivity index (χ0) is 68.9. The highest BCUT2D eigenvalue weighted by atomic mass is 32.1. The van der Waals surface area contributed by atoms with E-state index in [1.807, 2.05) is 109 Å². The van der Waals surface area contributed by atoms with Crippen LogP contribution in [0.25, 0.3) is 187 Å². The third-order valence-electron chi connectivity index (χ3n) is 19.2. The molecular formula is C92H58N10S2. The molecule has 0 bridgehead atoms. The van der Waals surface area contributed by atoms with Gasteiger partial charge >= 0.3 is 0 Å². The molecular weight excluding hydrogens is 1310 g/mol. The van der Waals surface area contributed by atoms with Crippen LogP contribution in [0.4, 0.5) is 0 Å². The van der Waals surface area contributed by atoms with Gasteiger partial charge in [-0.1, -0.05) is 291 Å². The zero-order valence-electron chi connectivity index (χ0n) is 55.9. The number of aromatic nitrogens is 10. The molecule has 19 rings (SSSR count). The summed E-state index contributed by atoms with van der Waals surface area (Å²) in [6, 6.07) is 109. The van der Waals surface area contributed by atoms with Gasteiger partial charge in [-0.2, -0.15) is 0 Å². The molecule has 0 N–H and O–H groups in total. The van der Waals surface area contributed by atoms with Crippen molar-refractivity contribution in [3.05, 3.63) is 339 Å². The summed E-state index contributed by atoms with van der Waals surface area (Å²) in [4.78, 5) is 52.4. The Morgan fingerprint density at radius 3 is 1.04 bits per heavy atom. The quantitative estimate of drug-likeness (QED) is 0.104. The topological polar surface area (TPSA) is 129 Å². The maximum atomic E-state index is 5.41. The average Bonchev–Trinajstić information content (AvgIpc) is 1.58. The van der Waals surface area contributed by atoms with Gasteiger partial charge in [-0.25, -0.2) is 49.8 Å². The number of hydrogen-bond acceptors (Lipinski definition) is 12. The summed E-state index contributed by atoms with van der Waals surface area (Å²) >= 11 is 3.50. The highest BCUT2D eigenvalue weighted by molar-refractivity contribution is 7.27. The molecule has 10 nitrogen and oxygen atoms in total. The summed E-state index contributed by atoms with van der Waals surface area (Å²) in [5.74, 6) is 5.05. The Hall–Kier alpha value is -13.3. The molecule has 488 valence electrons. The number of rotatable bonds is 14. The van der Waals surface area contributed by atoms with E-state index in [0.29, 0.717) is 46.6 Å². The van der Waals surface area contributed by atoms with E-state index in [0.717, 1.165) is 159 Å². The van der Waals surface area contributed by atoms with Crippen LogP contribution in [0.3, 0.4) is 0 Å². The van der Waals surface area contributed by atoms with Crippen LogP contribution < -0.4 is 0 Å². The van der Waals surface area contributed by atoms with Crippen molar-refractivity contribution < 1.29 is 0 Å². The Bertz CT molecular complexity index is 6250. The standard InChI is InChI=1S/C92H58N10S2/c1-7-24-60(25-8-1)75-55-76(95-92(94-75)74-43-21-40-71-82-73(42-23-45-80(82)104-84(71)74)90-99-86(64-30-13-4-14-31-64)97-87(100-90)65-32-15-5-16-33-65)62-52-50-58(51-53-62)57-46-48-59(49-47-57)67-36-19-37-68(54-67)89-98-88(66-34-17-6-18-35-66)101-91(102-89)72-41-22-44-79-81(72)70-39-20-38-69(83(70)103-79)78-56-77(61-26-9-2-10-27-61)93-85(96-78)63-28-11-3-12-29-63/h1-18,20-35,37-56H,19,36H2. The molecule has 6 heterocycles. The normalized spacial score (nSPS) is 12.3. The fourth-order valence-electron chi connectivity index (χ4n) is 14.0. The van der Waals surface area contributed by atoms with Crippen LogP contribution in [0.1, 0.15) is 24.2 Å². The van der Waals surface area contributed by atoms with Crippen molar-refractivity contribution >= 4 is 74.2 Å². The molecule has 6 aromatic heterocycles. The molecule has 0 aliphatic heterocycles. The molecule has 0 saturated carbocycles. The van der Waals surface area contributed by atoms with Crippen molar-refractivity contribution in [1.82, 2.24) is 49.8 Å². The molecule has 0 atom stereocenters. The van der Waals surface area contributed by atoms with E-state index in [9.17, 15) is 0 Å². The van der Waals surface area contributed by atoms with Gasteiger partial charge in [-0.15, -0.1) is 22.7 Å². The fourth-order valence-corrected chi connectivity index (χ4v) is 16.5. The maximum Gasteiger partial charge on any atom is 0.164 e. The minimum absolute atomic E-state index is 0.612. The molecule has 18 aromatic rings. The Morgan fingerprint density at radius 2 is 0.558 bits per heavy atom. The monoisotopic (exact) mass is 1370 g/mol. The van der Waals surface area contributed by atoms with Crippen LogP contribution in [-0.4, -0.2) is 49.8 Å². The second-order valence-corrected chi connectivity index (χ2v) is 27.8. The molecule has 12 aromatic carbocycles. The highest BCUT2D eigenvalue weighted by Crippen LogP contribution is 2.47. The summed E-state index contributed by atoms with van der Waals surface area (Å²) in [6.07, 6.45) is 6.25. The second kappa shape index (κ2) is 26.7. The van der Waals surface area contributed by atoms with Gasteiger partial charge < -0.3 is 0 Å². The van der Waals surface area contributed by atoms with Crippen LogP contribution in [0, 0.1) is 0 Å². The molecule has 0 fully saturated rings. The van der Waals surface area contributed by atoms with Gasteiger partial charge in [0, 0.05) is 107 Å². The van der Waals surface area contributed by atoms with Gasteiger partial charge in [0.1, 0.15) is 0 Å². The molecule has 12 heteroatoms. The maximum absolute atomic E-state index is 5.41. The first-order chi connectivity index (χ1) is 51.5. The van der Waals surface area contributed by atoms with Crippen molar-refractivity contribution in [3.63, 3.8) is 0 Å². The SMILES string of the molecule is C1=C(c2ccc(-c3ccc(-c4cc(-c5ccccc5)nc(-c5cccc6c5sc5cccc(-c7nc(-c8ccccc8)nc(-c8ccccc8)n7)c56)n4)cc3)cc2)CCC=C1c1nc(-c2ccccc2)nc(-c2cccc3sc4c(-c5cc(-c6ccccc6)nc(-c6ccccc6)n5)cccc4c23)n1. The van der Waals surface area contributed by atoms with Gasteiger partial charge in [0.15, 0.2) is 46.6 Å². The predicted octanol–water partition coefficient (Wildman–Crippen LogP) is 23.6. The number of thiophene rings is 2. The van der Waals surface area contributed by atoms with E-state index in [4.69, 9.17) is 49.8 Å². The Morgan fingerprint density at radius 1 is 0.231 bits per heavy atom. The minimum Gasteiger partial charge on any atom is -0.228 e. The molecule has 1 aliphatic carbocycles. The lowest BCUT2D eigenvalue weighted by atomic mass is 9.92. The number of allylic oxidation sites excluding steroid dienone is 4. The van der Waals surface area contributed by atoms with Crippen LogP contribution in [0.2, 0.25) is 0 Å². The molecule has 104 heavy (non-hydrogen) atoms. The first-order valence-corrected chi connectivity index (χ1v) is 36.3. The highest BCUT2D eigenvalue weighted by Gasteiger charge is 2.24. The minimum atomic E-state index is 0.612. The molecule has 0 radical (unpaired) electrons. The number of benzene rings is 12. The number of hydrogen-bond donors (Lipinski definition) is 0. The summed E-state index contributed by atoms with van der Waals surface area (Å²) in [5, 5.41) is 4.37. The van der Waals surface area contributed by atoms with Crippen LogP contribution >= 0.6 is 22.7 Å². The Labute approximate surface area is 607 Å². The average molecular weight is 1370 g/mol. The Balaban J connectivity index is 0.634. The van der Waals surface area contributed by atoms with Crippen molar-refractivity contribution in [2.75, 3.05) is 0 Å². The summed E-state index contributed by atoms with van der Waals surface area (Å²) < 4.78 is 4.47.